The van der Waals surface area contributed by atoms with Crippen molar-refractivity contribution in [3.63, 3.8) is 0 Å². The molecule has 0 bridgehead atoms. The first kappa shape index (κ1) is 17.9. The van der Waals surface area contributed by atoms with Crippen molar-refractivity contribution in [2.75, 3.05) is 10.6 Å². The molecule has 5 nitrogen and oxygen atoms in total. The zero-order chi connectivity index (χ0) is 18.6. The maximum absolute atomic E-state index is 12.5. The van der Waals surface area contributed by atoms with E-state index >= 15 is 0 Å². The van der Waals surface area contributed by atoms with Crippen LogP contribution in [0.15, 0.2) is 54.0 Å². The third kappa shape index (κ3) is 4.79. The molecule has 3 rings (SSSR count). The van der Waals surface area contributed by atoms with Crippen LogP contribution in [-0.4, -0.2) is 15.9 Å². The largest absolute Gasteiger partial charge is 0.416 e. The SMILES string of the molecule is O=C(Cc1csc(Nc2ccccn2)n1)Nc1ccc(C(F)(F)F)cc1. The minimum Gasteiger partial charge on any atom is -0.326 e. The number of hydrogen-bond donors (Lipinski definition) is 2. The molecule has 2 heterocycles. The van der Waals surface area contributed by atoms with E-state index in [9.17, 15) is 18.0 Å². The second-order valence-electron chi connectivity index (χ2n) is 5.28. The number of carbonyl (C=O) groups excluding carboxylic acids is 1. The Morgan fingerprint density at radius 1 is 1.12 bits per heavy atom. The second-order valence-corrected chi connectivity index (χ2v) is 6.14. The molecule has 0 unspecified atom stereocenters. The van der Waals surface area contributed by atoms with Gasteiger partial charge in [-0.1, -0.05) is 6.07 Å². The lowest BCUT2D eigenvalue weighted by atomic mass is 10.2. The lowest BCUT2D eigenvalue weighted by Gasteiger charge is -2.08. The number of alkyl halides is 3. The van der Waals surface area contributed by atoms with E-state index in [0.29, 0.717) is 22.3 Å². The molecule has 2 aromatic heterocycles. The minimum atomic E-state index is -4.40. The van der Waals surface area contributed by atoms with E-state index in [1.807, 2.05) is 6.07 Å². The van der Waals surface area contributed by atoms with Crippen LogP contribution in [0, 0.1) is 0 Å². The lowest BCUT2D eigenvalue weighted by Crippen LogP contribution is -2.15. The number of benzene rings is 1. The molecule has 134 valence electrons. The Morgan fingerprint density at radius 3 is 2.54 bits per heavy atom. The van der Waals surface area contributed by atoms with Gasteiger partial charge >= 0.3 is 6.18 Å². The van der Waals surface area contributed by atoms with Gasteiger partial charge in [-0.05, 0) is 36.4 Å². The number of thiazole rings is 1. The molecule has 2 N–H and O–H groups in total. The molecule has 0 aliphatic rings. The van der Waals surface area contributed by atoms with Gasteiger partial charge in [0.1, 0.15) is 5.82 Å². The molecule has 0 aliphatic carbocycles. The topological polar surface area (TPSA) is 66.9 Å². The minimum absolute atomic E-state index is 0.0153. The Hall–Kier alpha value is -2.94. The number of nitrogens with zero attached hydrogens (tertiary/aromatic N) is 2. The number of aromatic nitrogens is 2. The molecular formula is C17H13F3N4OS. The highest BCUT2D eigenvalue weighted by atomic mass is 32.1. The van der Waals surface area contributed by atoms with Gasteiger partial charge in [0, 0.05) is 17.3 Å². The maximum Gasteiger partial charge on any atom is 0.416 e. The number of hydrogen-bond acceptors (Lipinski definition) is 5. The zero-order valence-electron chi connectivity index (χ0n) is 13.2. The highest BCUT2D eigenvalue weighted by Gasteiger charge is 2.29. The summed E-state index contributed by atoms with van der Waals surface area (Å²) in [6.45, 7) is 0. The van der Waals surface area contributed by atoms with Crippen molar-refractivity contribution >= 4 is 33.9 Å². The van der Waals surface area contributed by atoms with Gasteiger partial charge in [0.05, 0.1) is 17.7 Å². The van der Waals surface area contributed by atoms with Gasteiger partial charge in [-0.3, -0.25) is 4.79 Å². The third-order valence-electron chi connectivity index (χ3n) is 3.29. The molecule has 1 amide bonds. The van der Waals surface area contributed by atoms with Crippen molar-refractivity contribution in [1.29, 1.82) is 0 Å². The molecular weight excluding hydrogens is 365 g/mol. The first-order chi connectivity index (χ1) is 12.4. The lowest BCUT2D eigenvalue weighted by molar-refractivity contribution is -0.137. The monoisotopic (exact) mass is 378 g/mol. The van der Waals surface area contributed by atoms with Crippen molar-refractivity contribution in [2.24, 2.45) is 0 Å². The number of nitrogens with one attached hydrogen (secondary N) is 2. The van der Waals surface area contributed by atoms with Crippen LogP contribution in [0.4, 0.5) is 29.8 Å². The Balaban J connectivity index is 1.57. The Morgan fingerprint density at radius 2 is 1.88 bits per heavy atom. The molecule has 26 heavy (non-hydrogen) atoms. The summed E-state index contributed by atoms with van der Waals surface area (Å²) in [7, 11) is 0. The fourth-order valence-electron chi connectivity index (χ4n) is 2.10. The van der Waals surface area contributed by atoms with Crippen LogP contribution in [0.3, 0.4) is 0 Å². The summed E-state index contributed by atoms with van der Waals surface area (Å²) in [6.07, 6.45) is -2.74. The summed E-state index contributed by atoms with van der Waals surface area (Å²) in [5.41, 5.74) is 0.0862. The molecule has 0 aliphatic heterocycles. The summed E-state index contributed by atoms with van der Waals surface area (Å²) in [5.74, 6) is 0.280. The van der Waals surface area contributed by atoms with Gasteiger partial charge in [0.2, 0.25) is 5.91 Å². The van der Waals surface area contributed by atoms with Crippen molar-refractivity contribution in [1.82, 2.24) is 9.97 Å². The molecule has 3 aromatic rings. The van der Waals surface area contributed by atoms with Gasteiger partial charge in [-0.25, -0.2) is 9.97 Å². The second kappa shape index (κ2) is 7.52. The van der Waals surface area contributed by atoms with E-state index in [0.717, 1.165) is 12.1 Å². The van der Waals surface area contributed by atoms with Crippen molar-refractivity contribution in [3.05, 3.63) is 65.3 Å². The molecule has 1 aromatic carbocycles. The summed E-state index contributed by atoms with van der Waals surface area (Å²) < 4.78 is 37.6. The van der Waals surface area contributed by atoms with Crippen molar-refractivity contribution in [2.45, 2.75) is 12.6 Å². The number of halogens is 3. The van der Waals surface area contributed by atoms with Crippen LogP contribution in [0.25, 0.3) is 0 Å². The van der Waals surface area contributed by atoms with Gasteiger partial charge in [0.15, 0.2) is 5.13 Å². The van der Waals surface area contributed by atoms with E-state index in [1.165, 1.54) is 23.5 Å². The standard InChI is InChI=1S/C17H13F3N4OS/c18-17(19,20)11-4-6-12(7-5-11)22-15(25)9-13-10-26-16(23-13)24-14-3-1-2-8-21-14/h1-8,10H,9H2,(H,22,25)(H,21,23,24). The van der Waals surface area contributed by atoms with E-state index < -0.39 is 11.7 Å². The van der Waals surface area contributed by atoms with Crippen LogP contribution in [0.1, 0.15) is 11.3 Å². The van der Waals surface area contributed by atoms with Gasteiger partial charge in [0.25, 0.3) is 0 Å². The van der Waals surface area contributed by atoms with Crippen LogP contribution < -0.4 is 10.6 Å². The third-order valence-corrected chi connectivity index (χ3v) is 4.10. The van der Waals surface area contributed by atoms with E-state index in [1.54, 1.807) is 23.7 Å². The highest BCUT2D eigenvalue weighted by molar-refractivity contribution is 7.13. The van der Waals surface area contributed by atoms with Gasteiger partial charge in [-0.15, -0.1) is 11.3 Å². The number of anilines is 3. The number of amides is 1. The Kier molecular flexibility index (Phi) is 5.17. The number of carbonyl (C=O) groups is 1. The smallest absolute Gasteiger partial charge is 0.326 e. The molecule has 9 heteroatoms. The van der Waals surface area contributed by atoms with E-state index in [2.05, 4.69) is 20.6 Å². The maximum atomic E-state index is 12.5. The highest BCUT2D eigenvalue weighted by Crippen LogP contribution is 2.29. The zero-order valence-corrected chi connectivity index (χ0v) is 14.1. The molecule has 0 spiro atoms. The van der Waals surface area contributed by atoms with Crippen LogP contribution >= 0.6 is 11.3 Å². The Bertz CT molecular complexity index is 879. The summed E-state index contributed by atoms with van der Waals surface area (Å²) in [5, 5.41) is 7.91. The molecule has 0 atom stereocenters. The Labute approximate surface area is 150 Å². The predicted octanol–water partition coefficient (Wildman–Crippen LogP) is 4.48. The average molecular weight is 378 g/mol. The van der Waals surface area contributed by atoms with Gasteiger partial charge < -0.3 is 10.6 Å². The summed E-state index contributed by atoms with van der Waals surface area (Å²) in [6, 6.07) is 9.70. The van der Waals surface area contributed by atoms with E-state index in [-0.39, 0.29) is 12.3 Å². The van der Waals surface area contributed by atoms with Crippen molar-refractivity contribution in [3.8, 4) is 0 Å². The van der Waals surface area contributed by atoms with Crippen molar-refractivity contribution < 1.29 is 18.0 Å². The molecule has 0 radical (unpaired) electrons. The first-order valence-electron chi connectivity index (χ1n) is 7.50. The average Bonchev–Trinajstić information content (AvgIpc) is 3.02. The summed E-state index contributed by atoms with van der Waals surface area (Å²) >= 11 is 1.33. The fraction of sp³-hybridized carbons (Fsp3) is 0.118. The summed E-state index contributed by atoms with van der Waals surface area (Å²) in [4.78, 5) is 20.4. The molecule has 0 fully saturated rings. The van der Waals surface area contributed by atoms with Crippen LogP contribution in [0.2, 0.25) is 0 Å². The van der Waals surface area contributed by atoms with Crippen LogP contribution in [-0.2, 0) is 17.4 Å². The number of pyridine rings is 1. The normalized spacial score (nSPS) is 11.2. The quantitative estimate of drug-likeness (QED) is 0.687. The van der Waals surface area contributed by atoms with Gasteiger partial charge in [-0.2, -0.15) is 13.2 Å². The predicted molar refractivity (Wildman–Crippen MR) is 93.4 cm³/mol. The van der Waals surface area contributed by atoms with E-state index in [4.69, 9.17) is 0 Å². The first-order valence-corrected chi connectivity index (χ1v) is 8.38. The fourth-order valence-corrected chi connectivity index (χ4v) is 2.82. The van der Waals surface area contributed by atoms with Crippen LogP contribution in [0.5, 0.6) is 0 Å². The molecule has 0 saturated carbocycles. The molecule has 0 saturated heterocycles. The number of rotatable bonds is 5.